The summed E-state index contributed by atoms with van der Waals surface area (Å²) in [5.41, 5.74) is 1.71. The molecule has 0 heterocycles. The van der Waals surface area contributed by atoms with Gasteiger partial charge in [-0.2, -0.15) is 0 Å². The Balaban J connectivity index is 1.40. The summed E-state index contributed by atoms with van der Waals surface area (Å²) in [7, 11) is 0. The van der Waals surface area contributed by atoms with Crippen LogP contribution in [-0.4, -0.2) is 18.2 Å². The lowest BCUT2D eigenvalue weighted by atomic mass is 9.86. The highest BCUT2D eigenvalue weighted by atomic mass is 35.5. The lowest BCUT2D eigenvalue weighted by molar-refractivity contribution is 0.129. The van der Waals surface area contributed by atoms with E-state index in [1.54, 1.807) is 12.1 Å². The maximum Gasteiger partial charge on any atom is 0.407 e. The Morgan fingerprint density at radius 1 is 1.00 bits per heavy atom. The van der Waals surface area contributed by atoms with Gasteiger partial charge >= 0.3 is 6.09 Å². The number of ether oxygens (including phenoxy) is 1. The molecule has 0 aromatic heterocycles. The third-order valence-electron chi connectivity index (χ3n) is 3.98. The minimum atomic E-state index is -0.391. The molecule has 2 aromatic carbocycles. The number of carbonyl (C=O) groups excluding carboxylic acids is 1. The average molecular weight is 365 g/mol. The smallest absolute Gasteiger partial charge is 0.407 e. The van der Waals surface area contributed by atoms with E-state index in [1.165, 1.54) is 0 Å². The molecular weight excluding hydrogens is 347 g/mol. The largest absolute Gasteiger partial charge is 0.445 e. The van der Waals surface area contributed by atoms with Crippen LogP contribution in [0.5, 0.6) is 0 Å². The first kappa shape index (κ1) is 16.9. The molecule has 0 radical (unpaired) electrons. The highest BCUT2D eigenvalue weighted by molar-refractivity contribution is 6.39. The number of benzene rings is 2. The van der Waals surface area contributed by atoms with Crippen molar-refractivity contribution in [3.63, 3.8) is 0 Å². The third kappa shape index (κ3) is 4.34. The van der Waals surface area contributed by atoms with Crippen molar-refractivity contribution in [3.05, 3.63) is 64.1 Å². The highest BCUT2D eigenvalue weighted by Gasteiger charge is 2.31. The number of anilines is 1. The van der Waals surface area contributed by atoms with Gasteiger partial charge in [0.05, 0.1) is 15.7 Å². The summed E-state index contributed by atoms with van der Waals surface area (Å²) in [6, 6.07) is 15.3. The molecule has 6 heteroatoms. The van der Waals surface area contributed by atoms with Crippen molar-refractivity contribution < 1.29 is 9.53 Å². The topological polar surface area (TPSA) is 50.4 Å². The lowest BCUT2D eigenvalue weighted by Crippen LogP contribution is -2.49. The van der Waals surface area contributed by atoms with Crippen LogP contribution < -0.4 is 10.6 Å². The molecule has 3 rings (SSSR count). The summed E-state index contributed by atoms with van der Waals surface area (Å²) in [4.78, 5) is 11.8. The van der Waals surface area contributed by atoms with Crippen LogP contribution in [0.4, 0.5) is 10.5 Å². The molecule has 1 aliphatic carbocycles. The minimum absolute atomic E-state index is 0.104. The van der Waals surface area contributed by atoms with Gasteiger partial charge in [-0.05, 0) is 30.5 Å². The highest BCUT2D eigenvalue weighted by Crippen LogP contribution is 2.33. The van der Waals surface area contributed by atoms with Gasteiger partial charge < -0.3 is 15.4 Å². The number of hydrogen-bond acceptors (Lipinski definition) is 3. The van der Waals surface area contributed by atoms with Crippen LogP contribution >= 0.6 is 23.2 Å². The monoisotopic (exact) mass is 364 g/mol. The standard InChI is InChI=1S/C18H18Cl2N2O2/c19-15-7-4-8-16(20)17(15)21-13-9-14(10-13)22-18(23)24-11-12-5-2-1-3-6-12/h1-8,13-14,21H,9-11H2,(H,22,23). The van der Waals surface area contributed by atoms with Crippen LogP contribution in [0.2, 0.25) is 10.0 Å². The van der Waals surface area contributed by atoms with E-state index in [2.05, 4.69) is 10.6 Å². The second kappa shape index (κ2) is 7.77. The maximum atomic E-state index is 11.8. The SMILES string of the molecule is O=C(NC1CC(Nc2c(Cl)cccc2Cl)C1)OCc1ccccc1. The van der Waals surface area contributed by atoms with E-state index in [0.717, 1.165) is 24.1 Å². The third-order valence-corrected chi connectivity index (χ3v) is 4.61. The summed E-state index contributed by atoms with van der Waals surface area (Å²) in [6.45, 7) is 0.274. The molecule has 0 saturated heterocycles. The average Bonchev–Trinajstić information content (AvgIpc) is 2.54. The number of rotatable bonds is 5. The van der Waals surface area contributed by atoms with Gasteiger partial charge in [0.15, 0.2) is 0 Å². The van der Waals surface area contributed by atoms with E-state index < -0.39 is 6.09 Å². The zero-order valence-electron chi connectivity index (χ0n) is 13.0. The van der Waals surface area contributed by atoms with E-state index in [4.69, 9.17) is 27.9 Å². The van der Waals surface area contributed by atoms with Gasteiger partial charge in [0.25, 0.3) is 0 Å². The molecule has 2 aromatic rings. The number of halogens is 2. The van der Waals surface area contributed by atoms with Gasteiger partial charge in [-0.1, -0.05) is 59.6 Å². The van der Waals surface area contributed by atoms with E-state index >= 15 is 0 Å². The van der Waals surface area contributed by atoms with Crippen LogP contribution in [0.15, 0.2) is 48.5 Å². The van der Waals surface area contributed by atoms with Crippen molar-refractivity contribution in [3.8, 4) is 0 Å². The quantitative estimate of drug-likeness (QED) is 0.795. The van der Waals surface area contributed by atoms with E-state index in [0.29, 0.717) is 10.0 Å². The van der Waals surface area contributed by atoms with Gasteiger partial charge in [-0.3, -0.25) is 0 Å². The summed E-state index contributed by atoms with van der Waals surface area (Å²) in [5.74, 6) is 0. The fourth-order valence-electron chi connectivity index (χ4n) is 2.62. The van der Waals surface area contributed by atoms with Crippen LogP contribution in [-0.2, 0) is 11.3 Å². The Bertz CT molecular complexity index is 683. The summed E-state index contributed by atoms with van der Waals surface area (Å²) >= 11 is 12.3. The van der Waals surface area contributed by atoms with Crippen LogP contribution in [0, 0.1) is 0 Å². The van der Waals surface area contributed by atoms with Gasteiger partial charge in [0.2, 0.25) is 0 Å². The Kier molecular flexibility index (Phi) is 5.48. The molecule has 0 aliphatic heterocycles. The number of carbonyl (C=O) groups is 1. The number of amides is 1. The maximum absolute atomic E-state index is 11.8. The molecule has 0 bridgehead atoms. The second-order valence-corrected chi connectivity index (χ2v) is 6.63. The first-order chi connectivity index (χ1) is 11.6. The van der Waals surface area contributed by atoms with Crippen LogP contribution in [0.3, 0.4) is 0 Å². The molecule has 1 amide bonds. The van der Waals surface area contributed by atoms with Crippen molar-refractivity contribution in [1.82, 2.24) is 5.32 Å². The molecule has 0 unspecified atom stereocenters. The zero-order chi connectivity index (χ0) is 16.9. The molecule has 24 heavy (non-hydrogen) atoms. The predicted octanol–water partition coefficient (Wildman–Crippen LogP) is 4.86. The fraction of sp³-hybridized carbons (Fsp3) is 0.278. The van der Waals surface area contributed by atoms with Gasteiger partial charge in [-0.25, -0.2) is 4.79 Å². The molecule has 0 atom stereocenters. The van der Waals surface area contributed by atoms with Gasteiger partial charge in [-0.15, -0.1) is 0 Å². The lowest BCUT2D eigenvalue weighted by Gasteiger charge is -2.36. The summed E-state index contributed by atoms with van der Waals surface area (Å²) in [6.07, 6.45) is 1.22. The number of alkyl carbamates (subject to hydrolysis) is 1. The van der Waals surface area contributed by atoms with Crippen molar-refractivity contribution in [2.45, 2.75) is 31.5 Å². The predicted molar refractivity (Wildman–Crippen MR) is 96.7 cm³/mol. The summed E-state index contributed by atoms with van der Waals surface area (Å²) < 4.78 is 5.21. The molecular formula is C18H18Cl2N2O2. The Labute approximate surface area is 151 Å². The van der Waals surface area contributed by atoms with Crippen molar-refractivity contribution in [2.24, 2.45) is 0 Å². The Morgan fingerprint density at radius 3 is 2.33 bits per heavy atom. The van der Waals surface area contributed by atoms with E-state index in [9.17, 15) is 4.79 Å². The molecule has 1 saturated carbocycles. The van der Waals surface area contributed by atoms with Crippen LogP contribution in [0.1, 0.15) is 18.4 Å². The van der Waals surface area contributed by atoms with Gasteiger partial charge in [0.1, 0.15) is 6.61 Å². The second-order valence-electron chi connectivity index (χ2n) is 5.81. The molecule has 0 spiro atoms. The number of para-hydroxylation sites is 1. The molecule has 2 N–H and O–H groups in total. The van der Waals surface area contributed by atoms with E-state index in [-0.39, 0.29) is 18.7 Å². The van der Waals surface area contributed by atoms with Crippen LogP contribution in [0.25, 0.3) is 0 Å². The van der Waals surface area contributed by atoms with Crippen molar-refractivity contribution in [2.75, 3.05) is 5.32 Å². The zero-order valence-corrected chi connectivity index (χ0v) is 14.5. The Morgan fingerprint density at radius 2 is 1.67 bits per heavy atom. The number of hydrogen-bond donors (Lipinski definition) is 2. The van der Waals surface area contributed by atoms with Gasteiger partial charge in [0, 0.05) is 12.1 Å². The molecule has 4 nitrogen and oxygen atoms in total. The number of nitrogens with one attached hydrogen (secondary N) is 2. The molecule has 1 aliphatic rings. The van der Waals surface area contributed by atoms with Crippen molar-refractivity contribution in [1.29, 1.82) is 0 Å². The Hall–Kier alpha value is -1.91. The summed E-state index contributed by atoms with van der Waals surface area (Å²) in [5, 5.41) is 7.38. The van der Waals surface area contributed by atoms with Crippen molar-refractivity contribution >= 4 is 35.0 Å². The minimum Gasteiger partial charge on any atom is -0.445 e. The molecule has 126 valence electrons. The normalized spacial score (nSPS) is 19.2. The molecule has 1 fully saturated rings. The fourth-order valence-corrected chi connectivity index (χ4v) is 3.13. The van der Waals surface area contributed by atoms with E-state index in [1.807, 2.05) is 36.4 Å². The first-order valence-electron chi connectivity index (χ1n) is 7.79. The first-order valence-corrected chi connectivity index (χ1v) is 8.55.